The van der Waals surface area contributed by atoms with Crippen LogP contribution in [0.1, 0.15) is 83.9 Å². The lowest BCUT2D eigenvalue weighted by atomic mass is 9.72. The molecule has 1 saturated carbocycles. The highest BCUT2D eigenvalue weighted by Gasteiger charge is 2.42. The fourth-order valence-electron chi connectivity index (χ4n) is 5.22. The molecule has 4 N–H and O–H groups in total. The summed E-state index contributed by atoms with van der Waals surface area (Å²) in [4.78, 5) is 12.6. The Morgan fingerprint density at radius 3 is 2.33 bits per heavy atom. The third-order valence-electron chi connectivity index (χ3n) is 7.28. The molecule has 0 bridgehead atoms. The van der Waals surface area contributed by atoms with Gasteiger partial charge in [-0.25, -0.2) is 13.6 Å². The normalized spacial score (nSPS) is 21.7. The van der Waals surface area contributed by atoms with Gasteiger partial charge in [-0.1, -0.05) is 57.9 Å². The Morgan fingerprint density at radius 2 is 1.74 bits per heavy atom. The fourth-order valence-corrected chi connectivity index (χ4v) is 5.22. The Balaban J connectivity index is 1.88. The Hall–Kier alpha value is -2.55. The summed E-state index contributed by atoms with van der Waals surface area (Å²) in [5.41, 5.74) is 0.728. The first-order valence-electron chi connectivity index (χ1n) is 13.8. The summed E-state index contributed by atoms with van der Waals surface area (Å²) in [7, 11) is 0. The van der Waals surface area contributed by atoms with Crippen LogP contribution >= 0.6 is 0 Å². The SMILES string of the molecule is CC(C)(C)OC(=O)N[C@H](Cc1cc(F)cc(F)c1)[C@H](O)CNC1(c2cccc(C(C)(C)C)c2)CCCCC1O. The van der Waals surface area contributed by atoms with Crippen LogP contribution in [0.3, 0.4) is 0 Å². The molecule has 2 unspecified atom stereocenters. The maximum absolute atomic E-state index is 13.9. The van der Waals surface area contributed by atoms with Gasteiger partial charge in [0.25, 0.3) is 0 Å². The number of aliphatic hydroxyl groups is 2. The van der Waals surface area contributed by atoms with Gasteiger partial charge in [0.15, 0.2) is 0 Å². The van der Waals surface area contributed by atoms with E-state index in [1.807, 2.05) is 12.1 Å². The number of carbonyl (C=O) groups is 1. The molecule has 0 spiro atoms. The Labute approximate surface area is 231 Å². The van der Waals surface area contributed by atoms with E-state index < -0.39 is 47.1 Å². The van der Waals surface area contributed by atoms with E-state index in [9.17, 15) is 23.8 Å². The molecule has 6 nitrogen and oxygen atoms in total. The van der Waals surface area contributed by atoms with Crippen molar-refractivity contribution in [1.82, 2.24) is 10.6 Å². The number of amides is 1. The predicted octanol–water partition coefficient (Wildman–Crippen LogP) is 5.48. The molecular formula is C31H44F2N2O4. The lowest BCUT2D eigenvalue weighted by molar-refractivity contribution is 0.00698. The van der Waals surface area contributed by atoms with Crippen molar-refractivity contribution in [3.63, 3.8) is 0 Å². The van der Waals surface area contributed by atoms with Gasteiger partial charge >= 0.3 is 6.09 Å². The van der Waals surface area contributed by atoms with Crippen LogP contribution < -0.4 is 10.6 Å². The molecule has 1 aliphatic carbocycles. The average molecular weight is 547 g/mol. The van der Waals surface area contributed by atoms with Crippen LogP contribution in [-0.2, 0) is 22.1 Å². The molecule has 2 aromatic carbocycles. The summed E-state index contributed by atoms with van der Waals surface area (Å²) in [5.74, 6) is -1.48. The standard InChI is InChI=1S/C31H44F2N2O4/c1-29(2,3)21-10-9-11-22(17-21)31(13-8-7-12-27(31)37)34-19-26(36)25(35-28(38)39-30(4,5)6)16-20-14-23(32)18-24(33)15-20/h9-11,14-15,17-18,25-27,34,36-37H,7-8,12-13,16,19H2,1-6H3,(H,35,38)/t25-,26-,27?,31?/m1/s1. The third kappa shape index (κ3) is 8.47. The first kappa shape index (κ1) is 31.0. The molecule has 39 heavy (non-hydrogen) atoms. The van der Waals surface area contributed by atoms with E-state index >= 15 is 0 Å². The number of alkyl carbamates (subject to hydrolysis) is 1. The highest BCUT2D eigenvalue weighted by Crippen LogP contribution is 2.39. The molecule has 0 saturated heterocycles. The van der Waals surface area contributed by atoms with Crippen LogP contribution in [0, 0.1) is 11.6 Å². The summed E-state index contributed by atoms with van der Waals surface area (Å²) >= 11 is 0. The van der Waals surface area contributed by atoms with Crippen molar-refractivity contribution in [3.05, 3.63) is 70.8 Å². The van der Waals surface area contributed by atoms with Gasteiger partial charge in [-0.05, 0) is 74.3 Å². The number of aliphatic hydroxyl groups excluding tert-OH is 2. The maximum Gasteiger partial charge on any atom is 0.407 e. The Kier molecular flexibility index (Phi) is 9.78. The summed E-state index contributed by atoms with van der Waals surface area (Å²) in [6.07, 6.45) is 0.504. The number of hydrogen-bond donors (Lipinski definition) is 4. The highest BCUT2D eigenvalue weighted by molar-refractivity contribution is 5.68. The monoisotopic (exact) mass is 546 g/mol. The van der Waals surface area contributed by atoms with Crippen molar-refractivity contribution >= 4 is 6.09 Å². The van der Waals surface area contributed by atoms with Crippen molar-refractivity contribution < 1.29 is 28.5 Å². The van der Waals surface area contributed by atoms with Crippen molar-refractivity contribution in [2.45, 2.75) is 108 Å². The summed E-state index contributed by atoms with van der Waals surface area (Å²) < 4.78 is 33.2. The largest absolute Gasteiger partial charge is 0.444 e. The zero-order valence-electron chi connectivity index (χ0n) is 24.0. The molecule has 216 valence electrons. The van der Waals surface area contributed by atoms with E-state index in [2.05, 4.69) is 43.5 Å². The molecule has 0 heterocycles. The van der Waals surface area contributed by atoms with E-state index in [4.69, 9.17) is 4.74 Å². The van der Waals surface area contributed by atoms with Gasteiger partial charge in [0.05, 0.1) is 23.8 Å². The molecule has 1 fully saturated rings. The van der Waals surface area contributed by atoms with Crippen LogP contribution in [-0.4, -0.2) is 46.7 Å². The molecule has 4 atom stereocenters. The van der Waals surface area contributed by atoms with Crippen LogP contribution in [0.2, 0.25) is 0 Å². The van der Waals surface area contributed by atoms with Crippen molar-refractivity contribution in [1.29, 1.82) is 0 Å². The van der Waals surface area contributed by atoms with Gasteiger partial charge in [0, 0.05) is 12.6 Å². The maximum atomic E-state index is 13.9. The minimum absolute atomic E-state index is 0.0220. The number of hydrogen-bond acceptors (Lipinski definition) is 5. The van der Waals surface area contributed by atoms with Crippen LogP contribution in [0.25, 0.3) is 0 Å². The first-order chi connectivity index (χ1) is 18.1. The van der Waals surface area contributed by atoms with Crippen LogP contribution in [0.4, 0.5) is 13.6 Å². The summed E-state index contributed by atoms with van der Waals surface area (Å²) in [6.45, 7) is 11.6. The second kappa shape index (κ2) is 12.3. The molecule has 0 aliphatic heterocycles. The molecule has 2 aromatic rings. The zero-order valence-corrected chi connectivity index (χ0v) is 24.0. The first-order valence-corrected chi connectivity index (χ1v) is 13.8. The lowest BCUT2D eigenvalue weighted by Gasteiger charge is -2.44. The minimum Gasteiger partial charge on any atom is -0.444 e. The summed E-state index contributed by atoms with van der Waals surface area (Å²) in [5, 5.41) is 28.7. The average Bonchev–Trinajstić information content (AvgIpc) is 2.81. The molecule has 1 aliphatic rings. The molecule has 1 amide bonds. The minimum atomic E-state index is -1.15. The summed E-state index contributed by atoms with van der Waals surface area (Å²) in [6, 6.07) is 10.4. The number of ether oxygens (including phenoxy) is 1. The zero-order chi connectivity index (χ0) is 29.0. The predicted molar refractivity (Wildman–Crippen MR) is 149 cm³/mol. The van der Waals surface area contributed by atoms with Gasteiger partial charge < -0.3 is 25.6 Å². The smallest absolute Gasteiger partial charge is 0.407 e. The second-order valence-corrected chi connectivity index (χ2v) is 12.7. The molecule has 0 radical (unpaired) electrons. The van der Waals surface area contributed by atoms with Crippen LogP contribution in [0.5, 0.6) is 0 Å². The highest BCUT2D eigenvalue weighted by atomic mass is 19.1. The molecule has 8 heteroatoms. The van der Waals surface area contributed by atoms with Crippen molar-refractivity contribution in [3.8, 4) is 0 Å². The molecular weight excluding hydrogens is 502 g/mol. The quantitative estimate of drug-likeness (QED) is 0.352. The molecule has 0 aromatic heterocycles. The molecule has 3 rings (SSSR count). The topological polar surface area (TPSA) is 90.8 Å². The number of halogens is 2. The Bertz CT molecular complexity index is 1110. The van der Waals surface area contributed by atoms with Crippen molar-refractivity contribution in [2.24, 2.45) is 0 Å². The van der Waals surface area contributed by atoms with E-state index in [1.165, 1.54) is 12.1 Å². The van der Waals surface area contributed by atoms with Gasteiger partial charge in [-0.2, -0.15) is 0 Å². The van der Waals surface area contributed by atoms with E-state index in [-0.39, 0.29) is 23.9 Å². The van der Waals surface area contributed by atoms with Gasteiger partial charge in [0.2, 0.25) is 0 Å². The lowest BCUT2D eigenvalue weighted by Crippen LogP contribution is -2.58. The van der Waals surface area contributed by atoms with Gasteiger partial charge in [-0.3, -0.25) is 0 Å². The number of carbonyl (C=O) groups excluding carboxylic acids is 1. The third-order valence-corrected chi connectivity index (χ3v) is 7.28. The van der Waals surface area contributed by atoms with Crippen LogP contribution in [0.15, 0.2) is 42.5 Å². The fraction of sp³-hybridized carbons (Fsp3) is 0.581. The number of nitrogens with one attached hydrogen (secondary N) is 2. The van der Waals surface area contributed by atoms with E-state index in [0.29, 0.717) is 12.8 Å². The van der Waals surface area contributed by atoms with Gasteiger partial charge in [0.1, 0.15) is 17.2 Å². The Morgan fingerprint density at radius 1 is 1.08 bits per heavy atom. The van der Waals surface area contributed by atoms with E-state index in [1.54, 1.807) is 20.8 Å². The number of rotatable bonds is 8. The van der Waals surface area contributed by atoms with E-state index in [0.717, 1.165) is 30.0 Å². The second-order valence-electron chi connectivity index (χ2n) is 12.7. The van der Waals surface area contributed by atoms with Crippen molar-refractivity contribution in [2.75, 3.05) is 6.54 Å². The van der Waals surface area contributed by atoms with Gasteiger partial charge in [-0.15, -0.1) is 0 Å². The number of benzene rings is 2.